The average molecular weight is 242 g/mol. The summed E-state index contributed by atoms with van der Waals surface area (Å²) in [6, 6.07) is 6.73. The summed E-state index contributed by atoms with van der Waals surface area (Å²) in [6.07, 6.45) is 1.68. The van der Waals surface area contributed by atoms with Gasteiger partial charge in [-0.3, -0.25) is 19.8 Å². The van der Waals surface area contributed by atoms with Gasteiger partial charge in [0.05, 0.1) is 17.4 Å². The van der Waals surface area contributed by atoms with E-state index in [4.69, 9.17) is 0 Å². The number of carbonyl (C=O) groups excluding carboxylic acids is 1. The lowest BCUT2D eigenvalue weighted by molar-refractivity contribution is 0.101. The fourth-order valence-corrected chi connectivity index (χ4v) is 1.84. The number of nitrogens with one attached hydrogen (secondary N) is 2. The summed E-state index contributed by atoms with van der Waals surface area (Å²) < 4.78 is 1.34. The zero-order chi connectivity index (χ0) is 12.7. The Hall–Kier alpha value is -2.63. The first-order valence-corrected chi connectivity index (χ1v) is 5.41. The first-order valence-electron chi connectivity index (χ1n) is 5.41. The van der Waals surface area contributed by atoms with Crippen LogP contribution in [0, 0.1) is 0 Å². The van der Waals surface area contributed by atoms with Gasteiger partial charge in [-0.25, -0.2) is 4.68 Å². The van der Waals surface area contributed by atoms with Crippen LogP contribution in [0.15, 0.2) is 35.3 Å². The summed E-state index contributed by atoms with van der Waals surface area (Å²) in [7, 11) is 0. The minimum Gasteiger partial charge on any atom is -0.293 e. The number of ketones is 1. The molecule has 0 spiro atoms. The predicted octanol–water partition coefficient (Wildman–Crippen LogP) is 1.24. The molecule has 0 saturated carbocycles. The predicted molar refractivity (Wildman–Crippen MR) is 66.0 cm³/mol. The largest absolute Gasteiger partial charge is 0.293 e. The Morgan fingerprint density at radius 3 is 2.89 bits per heavy atom. The van der Waals surface area contributed by atoms with Gasteiger partial charge < -0.3 is 0 Å². The molecule has 0 aliphatic carbocycles. The molecule has 3 rings (SSSR count). The highest BCUT2D eigenvalue weighted by molar-refractivity contribution is 5.92. The van der Waals surface area contributed by atoms with Crippen LogP contribution in [-0.4, -0.2) is 25.8 Å². The molecule has 0 atom stereocenters. The number of aromatic nitrogens is 4. The van der Waals surface area contributed by atoms with Gasteiger partial charge in [-0.15, -0.1) is 0 Å². The Balaban J connectivity index is 2.19. The maximum atomic E-state index is 11.8. The molecule has 6 heteroatoms. The van der Waals surface area contributed by atoms with Crippen LogP contribution in [0.4, 0.5) is 0 Å². The highest BCUT2D eigenvalue weighted by Gasteiger charge is 2.08. The van der Waals surface area contributed by atoms with Crippen LogP contribution in [-0.2, 0) is 0 Å². The molecule has 0 radical (unpaired) electrons. The van der Waals surface area contributed by atoms with Crippen molar-refractivity contribution < 1.29 is 4.79 Å². The summed E-state index contributed by atoms with van der Waals surface area (Å²) in [5.74, 6) is -0.171. The molecule has 1 aromatic carbocycles. The number of hydrogen-bond acceptors (Lipinski definition) is 3. The van der Waals surface area contributed by atoms with Gasteiger partial charge in [-0.1, -0.05) is 0 Å². The van der Waals surface area contributed by atoms with E-state index in [1.54, 1.807) is 12.3 Å². The van der Waals surface area contributed by atoms with E-state index in [0.717, 1.165) is 10.9 Å². The molecule has 90 valence electrons. The van der Waals surface area contributed by atoms with Crippen molar-refractivity contribution in [1.82, 2.24) is 20.0 Å². The van der Waals surface area contributed by atoms with E-state index in [1.807, 2.05) is 12.1 Å². The van der Waals surface area contributed by atoms with Crippen LogP contribution in [0.25, 0.3) is 16.6 Å². The molecule has 3 aromatic rings. The molecule has 2 heterocycles. The third kappa shape index (κ3) is 1.55. The van der Waals surface area contributed by atoms with Gasteiger partial charge >= 0.3 is 0 Å². The standard InChI is InChI=1S/C12H10N4O2/c1-7(17)11-5-12(18)16(15-11)9-2-3-10-8(4-9)6-13-14-10/h2-6,15H,1H3,(H,13,14). The lowest BCUT2D eigenvalue weighted by Crippen LogP contribution is -2.13. The van der Waals surface area contributed by atoms with Gasteiger partial charge in [-0.2, -0.15) is 5.10 Å². The third-order valence-corrected chi connectivity index (χ3v) is 2.78. The fraction of sp³-hybridized carbons (Fsp3) is 0.0833. The topological polar surface area (TPSA) is 83.5 Å². The summed E-state index contributed by atoms with van der Waals surface area (Å²) in [5.41, 5.74) is 1.60. The molecule has 2 aromatic heterocycles. The summed E-state index contributed by atoms with van der Waals surface area (Å²) >= 11 is 0. The molecule has 0 bridgehead atoms. The SMILES string of the molecule is CC(=O)c1cc(=O)n(-c2ccc3[nH]ncc3c2)[nH]1. The third-order valence-electron chi connectivity index (χ3n) is 2.78. The number of H-pyrrole nitrogens is 2. The second-order valence-corrected chi connectivity index (χ2v) is 4.04. The molecule has 0 unspecified atom stereocenters. The van der Waals surface area contributed by atoms with Crippen LogP contribution in [0.1, 0.15) is 17.4 Å². The zero-order valence-electron chi connectivity index (χ0n) is 9.60. The molecular formula is C12H10N4O2. The lowest BCUT2D eigenvalue weighted by Gasteiger charge is -2.01. The van der Waals surface area contributed by atoms with Crippen molar-refractivity contribution in [1.29, 1.82) is 0 Å². The maximum Gasteiger partial charge on any atom is 0.271 e. The molecule has 6 nitrogen and oxygen atoms in total. The number of aromatic amines is 2. The first kappa shape index (κ1) is 10.5. The number of hydrogen-bond donors (Lipinski definition) is 2. The molecular weight excluding hydrogens is 232 g/mol. The van der Waals surface area contributed by atoms with E-state index in [0.29, 0.717) is 11.4 Å². The van der Waals surface area contributed by atoms with E-state index < -0.39 is 0 Å². The second-order valence-electron chi connectivity index (χ2n) is 4.04. The molecule has 18 heavy (non-hydrogen) atoms. The van der Waals surface area contributed by atoms with Gasteiger partial charge in [0.2, 0.25) is 0 Å². The van der Waals surface area contributed by atoms with E-state index in [-0.39, 0.29) is 11.3 Å². The van der Waals surface area contributed by atoms with Crippen LogP contribution in [0.2, 0.25) is 0 Å². The Kier molecular flexibility index (Phi) is 2.16. The molecule has 0 aliphatic rings. The molecule has 0 amide bonds. The van der Waals surface area contributed by atoms with Crippen molar-refractivity contribution in [2.75, 3.05) is 0 Å². The molecule has 0 aliphatic heterocycles. The number of nitrogens with zero attached hydrogens (tertiary/aromatic N) is 2. The summed E-state index contributed by atoms with van der Waals surface area (Å²) in [4.78, 5) is 23.0. The number of rotatable bonds is 2. The van der Waals surface area contributed by atoms with Crippen LogP contribution < -0.4 is 5.56 Å². The van der Waals surface area contributed by atoms with E-state index in [9.17, 15) is 9.59 Å². The monoisotopic (exact) mass is 242 g/mol. The van der Waals surface area contributed by atoms with Crippen molar-refractivity contribution in [2.24, 2.45) is 0 Å². The molecule has 0 saturated heterocycles. The highest BCUT2D eigenvalue weighted by atomic mass is 16.1. The minimum absolute atomic E-state index is 0.171. The van der Waals surface area contributed by atoms with Crippen LogP contribution in [0.3, 0.4) is 0 Å². The van der Waals surface area contributed by atoms with Crippen LogP contribution >= 0.6 is 0 Å². The van der Waals surface area contributed by atoms with E-state index in [1.165, 1.54) is 17.7 Å². The van der Waals surface area contributed by atoms with Gasteiger partial charge in [-0.05, 0) is 18.2 Å². The number of fused-ring (bicyclic) bond motifs is 1. The fourth-order valence-electron chi connectivity index (χ4n) is 1.84. The Bertz CT molecular complexity index is 794. The number of benzene rings is 1. The van der Waals surface area contributed by atoms with Crippen molar-refractivity contribution in [3.63, 3.8) is 0 Å². The van der Waals surface area contributed by atoms with Crippen molar-refractivity contribution in [3.05, 3.63) is 46.5 Å². The maximum absolute atomic E-state index is 11.8. The van der Waals surface area contributed by atoms with Crippen molar-refractivity contribution in [2.45, 2.75) is 6.92 Å². The Labute approximate surface area is 101 Å². The van der Waals surface area contributed by atoms with E-state index >= 15 is 0 Å². The minimum atomic E-state index is -0.261. The Morgan fingerprint density at radius 2 is 2.17 bits per heavy atom. The number of carbonyl (C=O) groups is 1. The first-order chi connectivity index (χ1) is 8.65. The van der Waals surface area contributed by atoms with E-state index in [2.05, 4.69) is 15.3 Å². The highest BCUT2D eigenvalue weighted by Crippen LogP contribution is 2.14. The van der Waals surface area contributed by atoms with Gasteiger partial charge in [0.25, 0.3) is 5.56 Å². The van der Waals surface area contributed by atoms with Crippen LogP contribution in [0.5, 0.6) is 0 Å². The summed E-state index contributed by atoms with van der Waals surface area (Å²) in [5, 5.41) is 10.4. The Morgan fingerprint density at radius 1 is 1.33 bits per heavy atom. The zero-order valence-corrected chi connectivity index (χ0v) is 9.60. The summed E-state index contributed by atoms with van der Waals surface area (Å²) in [6.45, 7) is 1.41. The normalized spacial score (nSPS) is 10.9. The molecule has 0 fully saturated rings. The smallest absolute Gasteiger partial charge is 0.271 e. The lowest BCUT2D eigenvalue weighted by atomic mass is 10.2. The van der Waals surface area contributed by atoms with Crippen molar-refractivity contribution in [3.8, 4) is 5.69 Å². The van der Waals surface area contributed by atoms with Gasteiger partial charge in [0.1, 0.15) is 5.69 Å². The van der Waals surface area contributed by atoms with Gasteiger partial charge in [0, 0.05) is 18.4 Å². The average Bonchev–Trinajstić information content (AvgIpc) is 2.93. The van der Waals surface area contributed by atoms with Gasteiger partial charge in [0.15, 0.2) is 5.78 Å². The quantitative estimate of drug-likeness (QED) is 0.663. The van der Waals surface area contributed by atoms with Crippen molar-refractivity contribution >= 4 is 16.7 Å². The second kappa shape index (κ2) is 3.69. The molecule has 2 N–H and O–H groups in total. The number of Topliss-reactive ketones (excluding diaryl/α,β-unsaturated/α-hetero) is 1.